The van der Waals surface area contributed by atoms with Gasteiger partial charge in [-0.1, -0.05) is 30.2 Å². The fraction of sp³-hybridized carbons (Fsp3) is 0.286. The van der Waals surface area contributed by atoms with Crippen LogP contribution in [0.25, 0.3) is 16.0 Å². The molecule has 0 bridgehead atoms. The highest BCUT2D eigenvalue weighted by Crippen LogP contribution is 2.36. The quantitative estimate of drug-likeness (QED) is 0.504. The molecule has 1 aliphatic rings. The molecule has 0 N–H and O–H groups in total. The Labute approximate surface area is 166 Å². The number of aromatic nitrogens is 4. The predicted molar refractivity (Wildman–Crippen MR) is 110 cm³/mol. The number of hydrogen-bond acceptors (Lipinski definition) is 5. The van der Waals surface area contributed by atoms with Crippen molar-refractivity contribution in [1.29, 1.82) is 0 Å². The minimum absolute atomic E-state index is 0.0401. The summed E-state index contributed by atoms with van der Waals surface area (Å²) in [7, 11) is 1.74. The maximum Gasteiger partial charge on any atom is 0.272 e. The first-order chi connectivity index (χ1) is 13.7. The number of terminal acetylenes is 1. The van der Waals surface area contributed by atoms with Gasteiger partial charge in [0.1, 0.15) is 4.70 Å². The Bertz CT molecular complexity index is 1290. The third-order valence-corrected chi connectivity index (χ3v) is 6.47. The summed E-state index contributed by atoms with van der Waals surface area (Å²) in [6.45, 7) is 1.11. The van der Waals surface area contributed by atoms with Gasteiger partial charge in [-0.05, 0) is 35.4 Å². The second kappa shape index (κ2) is 6.59. The highest BCUT2D eigenvalue weighted by atomic mass is 32.1. The van der Waals surface area contributed by atoms with Gasteiger partial charge in [-0.25, -0.2) is 0 Å². The summed E-state index contributed by atoms with van der Waals surface area (Å²) in [5.74, 6) is 4.16. The Morgan fingerprint density at radius 1 is 1.32 bits per heavy atom. The van der Waals surface area contributed by atoms with Crippen molar-refractivity contribution >= 4 is 27.3 Å². The fourth-order valence-corrected chi connectivity index (χ4v) is 5.10. The number of nitrogens with zero attached hydrogens (tertiary/aromatic N) is 5. The lowest BCUT2D eigenvalue weighted by Crippen LogP contribution is -2.29. The minimum Gasteiger partial charge on any atom is -0.279 e. The topological polar surface area (TPSA) is 55.4 Å². The van der Waals surface area contributed by atoms with Gasteiger partial charge in [-0.3, -0.25) is 18.7 Å². The van der Waals surface area contributed by atoms with Crippen molar-refractivity contribution < 1.29 is 0 Å². The second-order valence-electron chi connectivity index (χ2n) is 7.11. The third-order valence-electron chi connectivity index (χ3n) is 5.58. The summed E-state index contributed by atoms with van der Waals surface area (Å²) in [6.07, 6.45) is 7.81. The van der Waals surface area contributed by atoms with Gasteiger partial charge in [0.2, 0.25) is 5.78 Å². The molecule has 28 heavy (non-hydrogen) atoms. The minimum atomic E-state index is -0.0401. The number of thiophene rings is 1. The lowest BCUT2D eigenvalue weighted by Gasteiger charge is -2.27. The van der Waals surface area contributed by atoms with E-state index in [9.17, 15) is 4.79 Å². The summed E-state index contributed by atoms with van der Waals surface area (Å²) < 4.78 is 4.26. The average Bonchev–Trinajstić information content (AvgIpc) is 3.43. The molecular weight excluding hydrogens is 370 g/mol. The molecular formula is C21H19N5OS. The molecule has 3 aromatic heterocycles. The van der Waals surface area contributed by atoms with Crippen molar-refractivity contribution in [2.75, 3.05) is 6.54 Å². The van der Waals surface area contributed by atoms with Crippen LogP contribution in [0.15, 0.2) is 40.5 Å². The fourth-order valence-electron chi connectivity index (χ4n) is 4.24. The van der Waals surface area contributed by atoms with Crippen LogP contribution >= 0.6 is 11.3 Å². The largest absolute Gasteiger partial charge is 0.279 e. The Hall–Kier alpha value is -2.95. The molecule has 0 radical (unpaired) electrons. The molecule has 5 rings (SSSR count). The van der Waals surface area contributed by atoms with Crippen LogP contribution in [0.5, 0.6) is 0 Å². The van der Waals surface area contributed by atoms with Crippen molar-refractivity contribution in [3.05, 3.63) is 63.0 Å². The van der Waals surface area contributed by atoms with Crippen LogP contribution in [0.4, 0.5) is 0 Å². The van der Waals surface area contributed by atoms with Crippen molar-refractivity contribution in [1.82, 2.24) is 24.1 Å². The maximum absolute atomic E-state index is 12.5. The van der Waals surface area contributed by atoms with Crippen LogP contribution in [0.1, 0.15) is 29.4 Å². The van der Waals surface area contributed by atoms with Gasteiger partial charge in [0, 0.05) is 13.1 Å². The van der Waals surface area contributed by atoms with E-state index in [1.165, 1.54) is 22.5 Å². The first-order valence-electron chi connectivity index (χ1n) is 9.24. The summed E-state index contributed by atoms with van der Waals surface area (Å²) in [5, 5.41) is 10.7. The van der Waals surface area contributed by atoms with Gasteiger partial charge in [0.05, 0.1) is 18.6 Å². The van der Waals surface area contributed by atoms with E-state index in [1.807, 2.05) is 15.8 Å². The molecule has 0 saturated carbocycles. The number of hydrogen-bond donors (Lipinski definition) is 0. The molecule has 0 amide bonds. The smallest absolute Gasteiger partial charge is 0.272 e. The van der Waals surface area contributed by atoms with E-state index in [0.717, 1.165) is 24.2 Å². The molecule has 7 heteroatoms. The van der Waals surface area contributed by atoms with E-state index in [1.54, 1.807) is 11.6 Å². The molecule has 6 nitrogen and oxygen atoms in total. The van der Waals surface area contributed by atoms with Crippen LogP contribution < -0.4 is 5.56 Å². The molecule has 0 spiro atoms. The van der Waals surface area contributed by atoms with E-state index in [2.05, 4.69) is 45.3 Å². The van der Waals surface area contributed by atoms with Gasteiger partial charge in [-0.2, -0.15) is 0 Å². The van der Waals surface area contributed by atoms with Gasteiger partial charge < -0.3 is 0 Å². The first-order valence-corrected chi connectivity index (χ1v) is 10.1. The Kier molecular flexibility index (Phi) is 4.04. The average molecular weight is 389 g/mol. The van der Waals surface area contributed by atoms with Gasteiger partial charge in [-0.15, -0.1) is 28.0 Å². The molecule has 0 aliphatic heterocycles. The lowest BCUT2D eigenvalue weighted by atomic mass is 10.1. The van der Waals surface area contributed by atoms with E-state index >= 15 is 0 Å². The molecule has 0 saturated heterocycles. The van der Waals surface area contributed by atoms with Gasteiger partial charge in [0.15, 0.2) is 5.82 Å². The van der Waals surface area contributed by atoms with Crippen LogP contribution in [0.3, 0.4) is 0 Å². The summed E-state index contributed by atoms with van der Waals surface area (Å²) >= 11 is 1.44. The van der Waals surface area contributed by atoms with Crippen molar-refractivity contribution in [2.45, 2.75) is 25.4 Å². The number of aryl methyl sites for hydroxylation is 2. The van der Waals surface area contributed by atoms with E-state index in [4.69, 9.17) is 6.42 Å². The zero-order valence-electron chi connectivity index (χ0n) is 15.5. The standard InChI is InChI=1S/C21H19N5OS/c1-3-11-25(16-9-8-14-6-4-5-7-15(14)16)13-18-22-23-21-24(2)20(27)19-17(26(18)21)10-12-28-19/h1,4-7,10,12,16H,8-9,11,13H2,2H3. The van der Waals surface area contributed by atoms with Crippen LogP contribution in [0, 0.1) is 12.3 Å². The lowest BCUT2D eigenvalue weighted by molar-refractivity contribution is 0.207. The van der Waals surface area contributed by atoms with Crippen molar-refractivity contribution in [3.8, 4) is 12.3 Å². The van der Waals surface area contributed by atoms with Gasteiger partial charge in [0.25, 0.3) is 5.56 Å². The van der Waals surface area contributed by atoms with E-state index in [0.29, 0.717) is 23.6 Å². The second-order valence-corrected chi connectivity index (χ2v) is 8.03. The molecule has 3 heterocycles. The highest BCUT2D eigenvalue weighted by molar-refractivity contribution is 7.17. The van der Waals surface area contributed by atoms with Crippen LogP contribution in [-0.2, 0) is 20.0 Å². The Morgan fingerprint density at radius 3 is 3.04 bits per heavy atom. The number of rotatable bonds is 4. The zero-order chi connectivity index (χ0) is 19.3. The van der Waals surface area contributed by atoms with Crippen molar-refractivity contribution in [3.63, 3.8) is 0 Å². The Balaban J connectivity index is 1.61. The summed E-state index contributed by atoms with van der Waals surface area (Å²) in [4.78, 5) is 14.8. The SMILES string of the molecule is C#CCN(Cc1nnc2n(C)c(=O)c3sccc3n12)C1CCc2ccccc21. The maximum atomic E-state index is 12.5. The predicted octanol–water partition coefficient (Wildman–Crippen LogP) is 2.77. The van der Waals surface area contributed by atoms with Crippen LogP contribution in [-0.4, -0.2) is 30.6 Å². The third kappa shape index (κ3) is 2.49. The normalized spacial score (nSPS) is 16.1. The molecule has 1 atom stereocenters. The summed E-state index contributed by atoms with van der Waals surface area (Å²) in [5.41, 5.74) is 3.56. The number of fused-ring (bicyclic) bond motifs is 4. The summed E-state index contributed by atoms with van der Waals surface area (Å²) in [6, 6.07) is 10.8. The highest BCUT2D eigenvalue weighted by Gasteiger charge is 2.28. The van der Waals surface area contributed by atoms with Gasteiger partial charge >= 0.3 is 0 Å². The molecule has 1 aromatic carbocycles. The first kappa shape index (κ1) is 17.2. The number of benzene rings is 1. The molecule has 140 valence electrons. The molecule has 1 unspecified atom stereocenters. The van der Waals surface area contributed by atoms with E-state index in [-0.39, 0.29) is 11.6 Å². The molecule has 4 aromatic rings. The van der Waals surface area contributed by atoms with Crippen molar-refractivity contribution in [2.24, 2.45) is 7.05 Å². The Morgan fingerprint density at radius 2 is 2.18 bits per heavy atom. The molecule has 0 fully saturated rings. The molecule has 1 aliphatic carbocycles. The monoisotopic (exact) mass is 389 g/mol. The van der Waals surface area contributed by atoms with E-state index < -0.39 is 0 Å². The zero-order valence-corrected chi connectivity index (χ0v) is 16.3. The van der Waals surface area contributed by atoms with Crippen LogP contribution in [0.2, 0.25) is 0 Å².